The molecule has 3 nitrogen and oxygen atoms in total. The van der Waals surface area contributed by atoms with Crippen molar-refractivity contribution in [3.63, 3.8) is 0 Å². The van der Waals surface area contributed by atoms with E-state index in [-0.39, 0.29) is 11.9 Å². The summed E-state index contributed by atoms with van der Waals surface area (Å²) < 4.78 is 14.9. The highest BCUT2D eigenvalue weighted by atomic mass is 19.1. The number of aromatic nitrogens is 2. The van der Waals surface area contributed by atoms with Gasteiger partial charge in [-0.1, -0.05) is 12.1 Å². The van der Waals surface area contributed by atoms with Gasteiger partial charge in [0.15, 0.2) is 0 Å². The van der Waals surface area contributed by atoms with Crippen LogP contribution in [0.25, 0.3) is 11.1 Å². The second kappa shape index (κ2) is 4.06. The quantitative estimate of drug-likeness (QED) is 0.841. The van der Waals surface area contributed by atoms with Crippen LogP contribution in [0.1, 0.15) is 18.7 Å². The van der Waals surface area contributed by atoms with Crippen LogP contribution in [0.2, 0.25) is 0 Å². The fraction of sp³-hybridized carbons (Fsp3) is 0.250. The zero-order valence-electron chi connectivity index (χ0n) is 9.31. The highest BCUT2D eigenvalue weighted by Gasteiger charge is 2.14. The average molecular weight is 219 g/mol. The van der Waals surface area contributed by atoms with Gasteiger partial charge in [-0.15, -0.1) is 0 Å². The molecule has 0 radical (unpaired) electrons. The SMILES string of the molecule is CC(N)c1c(-c2cccc(F)c2)cnn1C. The Bertz CT molecular complexity index is 503. The first-order valence-electron chi connectivity index (χ1n) is 5.13. The van der Waals surface area contributed by atoms with Gasteiger partial charge in [0.1, 0.15) is 5.82 Å². The number of rotatable bonds is 2. The molecule has 0 amide bonds. The maximum absolute atomic E-state index is 13.1. The van der Waals surface area contributed by atoms with Crippen LogP contribution in [0.5, 0.6) is 0 Å². The second-order valence-electron chi connectivity index (χ2n) is 3.87. The topological polar surface area (TPSA) is 43.8 Å². The van der Waals surface area contributed by atoms with E-state index in [1.54, 1.807) is 16.9 Å². The summed E-state index contributed by atoms with van der Waals surface area (Å²) in [5.41, 5.74) is 8.48. The highest BCUT2D eigenvalue weighted by Crippen LogP contribution is 2.26. The molecule has 1 aromatic carbocycles. The molecule has 0 fully saturated rings. The molecule has 1 unspecified atom stereocenters. The molecule has 0 bridgehead atoms. The van der Waals surface area contributed by atoms with Crippen molar-refractivity contribution < 1.29 is 4.39 Å². The van der Waals surface area contributed by atoms with Gasteiger partial charge in [0, 0.05) is 18.7 Å². The third-order valence-corrected chi connectivity index (χ3v) is 2.55. The van der Waals surface area contributed by atoms with Crippen LogP contribution in [0.4, 0.5) is 4.39 Å². The van der Waals surface area contributed by atoms with Crippen LogP contribution >= 0.6 is 0 Å². The van der Waals surface area contributed by atoms with E-state index in [1.807, 2.05) is 20.0 Å². The standard InChI is InChI=1S/C12H14FN3/c1-8(14)12-11(7-15-16(12)2)9-4-3-5-10(13)6-9/h3-8H,14H2,1-2H3. The Balaban J connectivity index is 2.56. The molecular formula is C12H14FN3. The summed E-state index contributed by atoms with van der Waals surface area (Å²) >= 11 is 0. The Kier molecular flexibility index (Phi) is 2.75. The molecule has 0 saturated heterocycles. The predicted octanol–water partition coefficient (Wildman–Crippen LogP) is 2.25. The van der Waals surface area contributed by atoms with Crippen LogP contribution in [0, 0.1) is 5.82 Å². The summed E-state index contributed by atoms with van der Waals surface area (Å²) in [4.78, 5) is 0. The van der Waals surface area contributed by atoms with Crippen LogP contribution in [-0.2, 0) is 7.05 Å². The van der Waals surface area contributed by atoms with Gasteiger partial charge in [-0.2, -0.15) is 5.10 Å². The molecule has 0 spiro atoms. The summed E-state index contributed by atoms with van der Waals surface area (Å²) in [6, 6.07) is 6.31. The summed E-state index contributed by atoms with van der Waals surface area (Å²) in [6.07, 6.45) is 1.72. The minimum Gasteiger partial charge on any atom is -0.323 e. The van der Waals surface area contributed by atoms with Crippen LogP contribution in [0.3, 0.4) is 0 Å². The first-order chi connectivity index (χ1) is 7.59. The van der Waals surface area contributed by atoms with Crippen molar-refractivity contribution in [2.24, 2.45) is 12.8 Å². The van der Waals surface area contributed by atoms with Crippen LogP contribution < -0.4 is 5.73 Å². The Morgan fingerprint density at radius 3 is 2.81 bits per heavy atom. The molecule has 4 heteroatoms. The van der Waals surface area contributed by atoms with E-state index in [0.717, 1.165) is 16.8 Å². The number of nitrogens with zero attached hydrogens (tertiary/aromatic N) is 2. The van der Waals surface area contributed by atoms with E-state index >= 15 is 0 Å². The summed E-state index contributed by atoms with van der Waals surface area (Å²) in [6.45, 7) is 1.89. The number of aryl methyl sites for hydroxylation is 1. The van der Waals surface area contributed by atoms with Gasteiger partial charge in [0.05, 0.1) is 11.9 Å². The number of nitrogens with two attached hydrogens (primary N) is 1. The van der Waals surface area contributed by atoms with Gasteiger partial charge in [0.2, 0.25) is 0 Å². The smallest absolute Gasteiger partial charge is 0.123 e. The molecule has 1 heterocycles. The van der Waals surface area contributed by atoms with Crippen molar-refractivity contribution in [1.82, 2.24) is 9.78 Å². The molecule has 2 aromatic rings. The Morgan fingerprint density at radius 2 is 2.19 bits per heavy atom. The van der Waals surface area contributed by atoms with Crippen molar-refractivity contribution >= 4 is 0 Å². The van der Waals surface area contributed by atoms with E-state index in [4.69, 9.17) is 5.73 Å². The lowest BCUT2D eigenvalue weighted by molar-refractivity contribution is 0.628. The molecule has 0 aliphatic heterocycles. The lowest BCUT2D eigenvalue weighted by Crippen LogP contribution is -2.11. The van der Waals surface area contributed by atoms with Crippen molar-refractivity contribution in [2.45, 2.75) is 13.0 Å². The first-order valence-corrected chi connectivity index (χ1v) is 5.13. The fourth-order valence-electron chi connectivity index (χ4n) is 1.87. The Hall–Kier alpha value is -1.68. The minimum atomic E-state index is -0.253. The highest BCUT2D eigenvalue weighted by molar-refractivity contribution is 5.65. The predicted molar refractivity (Wildman–Crippen MR) is 61.2 cm³/mol. The van der Waals surface area contributed by atoms with E-state index in [0.29, 0.717) is 0 Å². The summed E-state index contributed by atoms with van der Waals surface area (Å²) in [5, 5.41) is 4.16. The number of hydrogen-bond donors (Lipinski definition) is 1. The average Bonchev–Trinajstić information content (AvgIpc) is 2.60. The van der Waals surface area contributed by atoms with Gasteiger partial charge in [0.25, 0.3) is 0 Å². The maximum Gasteiger partial charge on any atom is 0.123 e. The summed E-state index contributed by atoms with van der Waals surface area (Å²) in [7, 11) is 1.83. The molecule has 0 saturated carbocycles. The maximum atomic E-state index is 13.1. The van der Waals surface area contributed by atoms with Crippen molar-refractivity contribution in [3.8, 4) is 11.1 Å². The number of benzene rings is 1. The lowest BCUT2D eigenvalue weighted by Gasteiger charge is -2.09. The third kappa shape index (κ3) is 1.84. The molecular weight excluding hydrogens is 205 g/mol. The monoisotopic (exact) mass is 219 g/mol. The van der Waals surface area contributed by atoms with Gasteiger partial charge in [-0.05, 0) is 24.6 Å². The van der Waals surface area contributed by atoms with Gasteiger partial charge in [-0.3, -0.25) is 4.68 Å². The molecule has 16 heavy (non-hydrogen) atoms. The zero-order valence-corrected chi connectivity index (χ0v) is 9.31. The van der Waals surface area contributed by atoms with E-state index in [9.17, 15) is 4.39 Å². The van der Waals surface area contributed by atoms with Gasteiger partial charge in [-0.25, -0.2) is 4.39 Å². The van der Waals surface area contributed by atoms with Crippen molar-refractivity contribution in [1.29, 1.82) is 0 Å². The fourth-order valence-corrected chi connectivity index (χ4v) is 1.87. The Morgan fingerprint density at radius 1 is 1.44 bits per heavy atom. The van der Waals surface area contributed by atoms with E-state index < -0.39 is 0 Å². The minimum absolute atomic E-state index is 0.134. The molecule has 2 N–H and O–H groups in total. The molecule has 0 aliphatic carbocycles. The molecule has 84 valence electrons. The second-order valence-corrected chi connectivity index (χ2v) is 3.87. The first kappa shape index (κ1) is 10.8. The zero-order chi connectivity index (χ0) is 11.7. The van der Waals surface area contributed by atoms with Gasteiger partial charge >= 0.3 is 0 Å². The molecule has 1 aromatic heterocycles. The molecule has 0 aliphatic rings. The summed E-state index contributed by atoms with van der Waals surface area (Å²) in [5.74, 6) is -0.253. The third-order valence-electron chi connectivity index (χ3n) is 2.55. The number of hydrogen-bond acceptors (Lipinski definition) is 2. The molecule has 2 rings (SSSR count). The van der Waals surface area contributed by atoms with Crippen LogP contribution in [0.15, 0.2) is 30.5 Å². The van der Waals surface area contributed by atoms with E-state index in [1.165, 1.54) is 12.1 Å². The van der Waals surface area contributed by atoms with Gasteiger partial charge < -0.3 is 5.73 Å². The largest absolute Gasteiger partial charge is 0.323 e. The van der Waals surface area contributed by atoms with Crippen LogP contribution in [-0.4, -0.2) is 9.78 Å². The Labute approximate surface area is 93.7 Å². The van der Waals surface area contributed by atoms with Crippen molar-refractivity contribution in [3.05, 3.63) is 42.0 Å². The van der Waals surface area contributed by atoms with E-state index in [2.05, 4.69) is 5.10 Å². The molecule has 1 atom stereocenters. The van der Waals surface area contributed by atoms with Crippen molar-refractivity contribution in [2.75, 3.05) is 0 Å². The normalized spacial score (nSPS) is 12.8. The lowest BCUT2D eigenvalue weighted by atomic mass is 10.0. The number of halogens is 1.